The second-order valence-electron chi connectivity index (χ2n) is 5.69. The van der Waals surface area contributed by atoms with Crippen molar-refractivity contribution < 1.29 is 5.11 Å². The third-order valence-corrected chi connectivity index (χ3v) is 4.04. The zero-order valence-electron chi connectivity index (χ0n) is 12.8. The lowest BCUT2D eigenvalue weighted by molar-refractivity contribution is 0.175. The molecule has 0 saturated heterocycles. The normalized spacial score (nSPS) is 14.1. The SMILES string of the molecule is CC(O)CC(CNc1nc(C(C)C)ns1)c1ccccc1. The quantitative estimate of drug-likeness (QED) is 0.820. The van der Waals surface area contributed by atoms with Gasteiger partial charge in [0.2, 0.25) is 5.13 Å². The first kappa shape index (κ1) is 15.9. The third kappa shape index (κ3) is 4.79. The zero-order chi connectivity index (χ0) is 15.2. The van der Waals surface area contributed by atoms with Crippen molar-refractivity contribution in [1.29, 1.82) is 0 Å². The van der Waals surface area contributed by atoms with Gasteiger partial charge in [-0.15, -0.1) is 0 Å². The van der Waals surface area contributed by atoms with Gasteiger partial charge in [-0.3, -0.25) is 0 Å². The van der Waals surface area contributed by atoms with Crippen LogP contribution in [0.5, 0.6) is 0 Å². The minimum absolute atomic E-state index is 0.262. The molecule has 0 saturated carbocycles. The number of hydrogen-bond acceptors (Lipinski definition) is 5. The van der Waals surface area contributed by atoms with E-state index in [1.165, 1.54) is 17.1 Å². The Balaban J connectivity index is 2.01. The first-order valence-electron chi connectivity index (χ1n) is 7.36. The molecule has 0 fully saturated rings. The highest BCUT2D eigenvalue weighted by molar-refractivity contribution is 7.09. The number of benzene rings is 1. The molecular weight excluding hydrogens is 282 g/mol. The summed E-state index contributed by atoms with van der Waals surface area (Å²) in [6.07, 6.45) is 0.407. The van der Waals surface area contributed by atoms with E-state index in [-0.39, 0.29) is 12.0 Å². The van der Waals surface area contributed by atoms with E-state index in [1.54, 1.807) is 0 Å². The van der Waals surface area contributed by atoms with Crippen molar-refractivity contribution in [2.45, 2.75) is 45.1 Å². The molecule has 0 bridgehead atoms. The third-order valence-electron chi connectivity index (χ3n) is 3.35. The van der Waals surface area contributed by atoms with Gasteiger partial charge in [0.25, 0.3) is 0 Å². The molecule has 0 amide bonds. The molecular formula is C16H23N3OS. The average Bonchev–Trinajstić information content (AvgIpc) is 2.93. The van der Waals surface area contributed by atoms with Gasteiger partial charge in [0.15, 0.2) is 0 Å². The van der Waals surface area contributed by atoms with Crippen molar-refractivity contribution in [1.82, 2.24) is 9.36 Å². The molecule has 21 heavy (non-hydrogen) atoms. The summed E-state index contributed by atoms with van der Waals surface area (Å²) in [5.41, 5.74) is 1.24. The Morgan fingerprint density at radius 3 is 2.48 bits per heavy atom. The van der Waals surface area contributed by atoms with Crippen molar-refractivity contribution in [2.75, 3.05) is 11.9 Å². The van der Waals surface area contributed by atoms with Crippen LogP contribution in [0.4, 0.5) is 5.13 Å². The van der Waals surface area contributed by atoms with Gasteiger partial charge in [-0.25, -0.2) is 4.98 Å². The predicted octanol–water partition coefficient (Wildman–Crippen LogP) is 3.63. The van der Waals surface area contributed by atoms with E-state index in [9.17, 15) is 5.11 Å². The fourth-order valence-corrected chi connectivity index (χ4v) is 2.94. The summed E-state index contributed by atoms with van der Waals surface area (Å²) in [5.74, 6) is 1.49. The molecule has 114 valence electrons. The number of nitrogens with zero attached hydrogens (tertiary/aromatic N) is 2. The topological polar surface area (TPSA) is 58.0 Å². The summed E-state index contributed by atoms with van der Waals surface area (Å²) in [7, 11) is 0. The molecule has 2 atom stereocenters. The van der Waals surface area contributed by atoms with Gasteiger partial charge in [-0.2, -0.15) is 4.37 Å². The highest BCUT2D eigenvalue weighted by Crippen LogP contribution is 2.23. The Hall–Kier alpha value is -1.46. The Bertz CT molecular complexity index is 539. The molecule has 2 rings (SSSR count). The van der Waals surface area contributed by atoms with Crippen LogP contribution < -0.4 is 5.32 Å². The molecule has 1 aromatic heterocycles. The number of nitrogens with one attached hydrogen (secondary N) is 1. The molecule has 0 spiro atoms. The van der Waals surface area contributed by atoms with Crippen LogP contribution >= 0.6 is 11.5 Å². The van der Waals surface area contributed by atoms with Crippen LogP contribution in [0.2, 0.25) is 0 Å². The second-order valence-corrected chi connectivity index (χ2v) is 6.44. The van der Waals surface area contributed by atoms with Gasteiger partial charge < -0.3 is 10.4 Å². The van der Waals surface area contributed by atoms with Gasteiger partial charge in [0, 0.05) is 29.9 Å². The van der Waals surface area contributed by atoms with Crippen molar-refractivity contribution >= 4 is 16.7 Å². The van der Waals surface area contributed by atoms with Gasteiger partial charge >= 0.3 is 0 Å². The zero-order valence-corrected chi connectivity index (χ0v) is 13.6. The van der Waals surface area contributed by atoms with Crippen LogP contribution in [0, 0.1) is 0 Å². The molecule has 2 N–H and O–H groups in total. The van der Waals surface area contributed by atoms with E-state index in [0.29, 0.717) is 5.92 Å². The van der Waals surface area contributed by atoms with E-state index in [0.717, 1.165) is 23.9 Å². The Labute approximate surface area is 130 Å². The summed E-state index contributed by atoms with van der Waals surface area (Å²) in [6.45, 7) is 6.76. The summed E-state index contributed by atoms with van der Waals surface area (Å²) >= 11 is 1.40. The molecule has 1 aromatic carbocycles. The van der Waals surface area contributed by atoms with E-state index < -0.39 is 0 Å². The standard InChI is InChI=1S/C16H23N3OS/c1-11(2)15-18-16(21-19-15)17-10-14(9-12(3)20)13-7-5-4-6-8-13/h4-8,11-12,14,20H,9-10H2,1-3H3,(H,17,18,19). The lowest BCUT2D eigenvalue weighted by Gasteiger charge is -2.19. The van der Waals surface area contributed by atoms with Crippen molar-refractivity contribution in [3.8, 4) is 0 Å². The lowest BCUT2D eigenvalue weighted by atomic mass is 9.93. The summed E-state index contributed by atoms with van der Waals surface area (Å²) < 4.78 is 4.35. The van der Waals surface area contributed by atoms with E-state index in [2.05, 4.69) is 40.7 Å². The maximum atomic E-state index is 9.71. The van der Waals surface area contributed by atoms with Crippen LogP contribution in [0.1, 0.15) is 50.4 Å². The maximum absolute atomic E-state index is 9.71. The summed E-state index contributed by atoms with van der Waals surface area (Å²) in [6, 6.07) is 10.3. The fraction of sp³-hybridized carbons (Fsp3) is 0.500. The van der Waals surface area contributed by atoms with Crippen LogP contribution in [-0.4, -0.2) is 27.1 Å². The molecule has 2 unspecified atom stereocenters. The van der Waals surface area contributed by atoms with Gasteiger partial charge in [-0.1, -0.05) is 44.2 Å². The van der Waals surface area contributed by atoms with E-state index in [4.69, 9.17) is 0 Å². The molecule has 2 aromatic rings. The number of aromatic nitrogens is 2. The van der Waals surface area contributed by atoms with Crippen LogP contribution in [0.3, 0.4) is 0 Å². The van der Waals surface area contributed by atoms with Gasteiger partial charge in [0.05, 0.1) is 6.10 Å². The molecule has 0 aliphatic heterocycles. The fourth-order valence-electron chi connectivity index (χ4n) is 2.23. The number of hydrogen-bond donors (Lipinski definition) is 2. The number of anilines is 1. The van der Waals surface area contributed by atoms with Gasteiger partial charge in [-0.05, 0) is 18.9 Å². The number of rotatable bonds is 7. The minimum Gasteiger partial charge on any atom is -0.393 e. The Morgan fingerprint density at radius 2 is 1.90 bits per heavy atom. The monoisotopic (exact) mass is 305 g/mol. The van der Waals surface area contributed by atoms with Crippen LogP contribution in [-0.2, 0) is 0 Å². The predicted molar refractivity (Wildman–Crippen MR) is 88.0 cm³/mol. The largest absolute Gasteiger partial charge is 0.393 e. The minimum atomic E-state index is -0.322. The molecule has 0 aliphatic rings. The summed E-state index contributed by atoms with van der Waals surface area (Å²) in [4.78, 5) is 4.49. The molecule has 0 radical (unpaired) electrons. The first-order valence-corrected chi connectivity index (χ1v) is 8.14. The molecule has 5 heteroatoms. The summed E-state index contributed by atoms with van der Waals surface area (Å²) in [5, 5.41) is 13.9. The Morgan fingerprint density at radius 1 is 1.19 bits per heavy atom. The van der Waals surface area contributed by atoms with E-state index >= 15 is 0 Å². The van der Waals surface area contributed by atoms with Gasteiger partial charge in [0.1, 0.15) is 5.82 Å². The molecule has 0 aliphatic carbocycles. The van der Waals surface area contributed by atoms with Crippen LogP contribution in [0.15, 0.2) is 30.3 Å². The molecule has 4 nitrogen and oxygen atoms in total. The average molecular weight is 305 g/mol. The van der Waals surface area contributed by atoms with Crippen LogP contribution in [0.25, 0.3) is 0 Å². The van der Waals surface area contributed by atoms with Crippen molar-refractivity contribution in [3.63, 3.8) is 0 Å². The highest BCUT2D eigenvalue weighted by Gasteiger charge is 2.15. The van der Waals surface area contributed by atoms with Crippen molar-refractivity contribution in [3.05, 3.63) is 41.7 Å². The maximum Gasteiger partial charge on any atom is 0.202 e. The smallest absolute Gasteiger partial charge is 0.202 e. The Kier molecular flexibility index (Phi) is 5.70. The number of aliphatic hydroxyl groups excluding tert-OH is 1. The first-order chi connectivity index (χ1) is 10.1. The number of aliphatic hydroxyl groups is 1. The van der Waals surface area contributed by atoms with E-state index in [1.807, 2.05) is 25.1 Å². The highest BCUT2D eigenvalue weighted by atomic mass is 32.1. The second kappa shape index (κ2) is 7.52. The molecule has 1 heterocycles. The lowest BCUT2D eigenvalue weighted by Crippen LogP contribution is -2.17. The van der Waals surface area contributed by atoms with Crippen molar-refractivity contribution in [2.24, 2.45) is 0 Å².